The molecule has 0 aliphatic carbocycles. The number of hydrogen-bond donors (Lipinski definition) is 15. The van der Waals surface area contributed by atoms with E-state index in [0.717, 1.165) is 17.5 Å². The second kappa shape index (κ2) is 26.6. The van der Waals surface area contributed by atoms with Gasteiger partial charge in [0.25, 0.3) is 11.8 Å². The molecule has 0 spiro atoms. The van der Waals surface area contributed by atoms with Crippen molar-refractivity contribution in [1.29, 1.82) is 21.6 Å². The lowest BCUT2D eigenvalue weighted by Gasteiger charge is -2.24. The third kappa shape index (κ3) is 19.7. The molecule has 21 nitrogen and oxygen atoms in total. The van der Waals surface area contributed by atoms with Gasteiger partial charge < -0.3 is 59.7 Å². The zero-order chi connectivity index (χ0) is 50.6. The number of hydrogen-bond acceptors (Lipinski definition) is 12. The maximum Gasteiger partial charge on any atom is 0.274 e. The highest BCUT2D eigenvalue weighted by atomic mass is 32.2. The highest BCUT2D eigenvalue weighted by molar-refractivity contribution is 7.99. The summed E-state index contributed by atoms with van der Waals surface area (Å²) in [7, 11) is 0. The lowest BCUT2D eigenvalue weighted by molar-refractivity contribution is -0.117. The van der Waals surface area contributed by atoms with Crippen LogP contribution < -0.4 is 59.7 Å². The van der Waals surface area contributed by atoms with Crippen LogP contribution in [0.2, 0.25) is 0 Å². The summed E-state index contributed by atoms with van der Waals surface area (Å²) in [6, 6.07) is 8.70. The smallest absolute Gasteiger partial charge is 0.274 e. The molecule has 0 bridgehead atoms. The summed E-state index contributed by atoms with van der Waals surface area (Å²) in [5.41, 5.74) is 18.8. The summed E-state index contributed by atoms with van der Waals surface area (Å²) in [6.07, 6.45) is 3.98. The Morgan fingerprint density at radius 1 is 0.529 bits per heavy atom. The van der Waals surface area contributed by atoms with Gasteiger partial charge in [0.1, 0.15) is 17.7 Å². The average Bonchev–Trinajstić information content (AvgIpc) is 3.23. The molecule has 0 radical (unpaired) electrons. The molecule has 0 fully saturated rings. The van der Waals surface area contributed by atoms with Gasteiger partial charge >= 0.3 is 0 Å². The van der Waals surface area contributed by atoms with E-state index >= 15 is 0 Å². The van der Waals surface area contributed by atoms with Crippen molar-refractivity contribution in [3.05, 3.63) is 59.2 Å². The standard InChI is InChI=1S/C45H69N17O4S2/c1-26(46)53-14-10-8-12-35(63)59-29-20-27(44(2,3)4)22-31(37(29)67-18-16-55-42(49)50)61-39(65)33-24-34(58-25-57-33)40(66)62-32-23-28(45(5,6)7)21-30(38(32)68-19-17-56-43(51)52)60-36(64)13-9-11-15-54-41(47)48/h20-25H,8-19H2,1-7H3,(H2,46,53)(H,59,63)(H,60,64)(H,61,65)(H,62,66)(H4,47,48,54)(H4,49,50,55)(H4,51,52,56). The van der Waals surface area contributed by atoms with Crippen LogP contribution in [-0.4, -0.2) is 95.0 Å². The van der Waals surface area contributed by atoms with Crippen molar-refractivity contribution in [2.75, 3.05) is 59.0 Å². The van der Waals surface area contributed by atoms with Crippen LogP contribution in [0.25, 0.3) is 0 Å². The van der Waals surface area contributed by atoms with E-state index in [1.54, 1.807) is 6.92 Å². The van der Waals surface area contributed by atoms with Gasteiger partial charge in [-0.3, -0.25) is 40.8 Å². The predicted octanol–water partition coefficient (Wildman–Crippen LogP) is 5.01. The van der Waals surface area contributed by atoms with Crippen molar-refractivity contribution >= 4 is 93.6 Å². The number of nitrogens with zero attached hydrogens (tertiary/aromatic N) is 2. The van der Waals surface area contributed by atoms with Gasteiger partial charge in [-0.05, 0) is 78.8 Å². The topological polar surface area (TPSA) is 364 Å². The monoisotopic (exact) mass is 976 g/mol. The molecule has 0 saturated carbocycles. The van der Waals surface area contributed by atoms with Crippen molar-refractivity contribution in [2.24, 2.45) is 17.2 Å². The molecule has 3 aromatic rings. The Morgan fingerprint density at radius 2 is 0.882 bits per heavy atom. The minimum Gasteiger partial charge on any atom is -0.374 e. The van der Waals surface area contributed by atoms with Crippen LogP contribution in [0.1, 0.15) is 119 Å². The Balaban J connectivity index is 2.00. The zero-order valence-electron chi connectivity index (χ0n) is 40.0. The quantitative estimate of drug-likeness (QED) is 0.0243. The molecular formula is C45H69N17O4S2. The molecule has 68 heavy (non-hydrogen) atoms. The number of benzene rings is 2. The number of nitrogens with one attached hydrogen (secondary N) is 12. The van der Waals surface area contributed by atoms with Gasteiger partial charge in [-0.1, -0.05) is 41.5 Å². The van der Waals surface area contributed by atoms with E-state index in [1.165, 1.54) is 29.6 Å². The number of guanidine groups is 3. The molecule has 0 aliphatic rings. The second-order valence-electron chi connectivity index (χ2n) is 17.8. The second-order valence-corrected chi connectivity index (χ2v) is 20.0. The summed E-state index contributed by atoms with van der Waals surface area (Å²) in [6.45, 7) is 15.4. The molecule has 1 aromatic heterocycles. The van der Waals surface area contributed by atoms with Crippen LogP contribution in [-0.2, 0) is 20.4 Å². The molecule has 0 unspecified atom stereocenters. The number of carbonyl (C=O) groups is 4. The molecule has 3 rings (SSSR count). The fraction of sp³-hybridized carbons (Fsp3) is 0.467. The number of anilines is 4. The summed E-state index contributed by atoms with van der Waals surface area (Å²) >= 11 is 2.68. The van der Waals surface area contributed by atoms with Crippen LogP contribution in [0, 0.1) is 21.6 Å². The fourth-order valence-electron chi connectivity index (χ4n) is 6.21. The zero-order valence-corrected chi connectivity index (χ0v) is 41.7. The fourth-order valence-corrected chi connectivity index (χ4v) is 8.09. The van der Waals surface area contributed by atoms with Crippen LogP contribution in [0.15, 0.2) is 46.5 Å². The molecule has 1 heterocycles. The predicted molar refractivity (Wildman–Crippen MR) is 276 cm³/mol. The maximum atomic E-state index is 14.2. The normalized spacial score (nSPS) is 11.2. The SMILES string of the molecule is CC(=N)NCCCCC(=O)Nc1cc(C(C)(C)C)cc(NC(=O)c2cc(C(=O)Nc3cc(C(C)(C)C)cc(NC(=O)CCCCNC(=N)N)c3SCCNC(=N)N)ncn2)c1SCCNC(=N)N. The molecular weight excluding hydrogens is 907 g/mol. The molecule has 23 heteroatoms. The molecule has 0 aliphatic heterocycles. The summed E-state index contributed by atoms with van der Waals surface area (Å²) < 4.78 is 0. The molecule has 2 aromatic carbocycles. The van der Waals surface area contributed by atoms with Crippen molar-refractivity contribution in [3.63, 3.8) is 0 Å². The van der Waals surface area contributed by atoms with E-state index in [-0.39, 0.29) is 53.9 Å². The van der Waals surface area contributed by atoms with Gasteiger partial charge in [0.15, 0.2) is 17.9 Å². The van der Waals surface area contributed by atoms with E-state index in [2.05, 4.69) is 52.5 Å². The van der Waals surface area contributed by atoms with E-state index in [4.69, 9.17) is 38.8 Å². The van der Waals surface area contributed by atoms with Gasteiger partial charge in [-0.25, -0.2) is 9.97 Å². The Kier molecular flexibility index (Phi) is 21.8. The van der Waals surface area contributed by atoms with E-state index in [1.807, 2.05) is 65.8 Å². The van der Waals surface area contributed by atoms with E-state index in [9.17, 15) is 19.2 Å². The molecule has 18 N–H and O–H groups in total. The number of amidine groups is 1. The summed E-state index contributed by atoms with van der Waals surface area (Å²) in [5.74, 6) is -1.11. The summed E-state index contributed by atoms with van der Waals surface area (Å²) in [4.78, 5) is 64.5. The first-order chi connectivity index (χ1) is 31.9. The van der Waals surface area contributed by atoms with Gasteiger partial charge in [-0.15, -0.1) is 23.5 Å². The minimum atomic E-state index is -0.649. The van der Waals surface area contributed by atoms with Crippen LogP contribution in [0.4, 0.5) is 22.7 Å². The first-order valence-corrected chi connectivity index (χ1v) is 24.1. The molecule has 0 saturated heterocycles. The maximum absolute atomic E-state index is 14.2. The molecule has 4 amide bonds. The van der Waals surface area contributed by atoms with Gasteiger partial charge in [0, 0.05) is 56.6 Å². The third-order valence-corrected chi connectivity index (χ3v) is 12.1. The Hall–Kier alpha value is -6.62. The van der Waals surface area contributed by atoms with Crippen molar-refractivity contribution < 1.29 is 19.2 Å². The minimum absolute atomic E-state index is 0.111. The number of amides is 4. The number of aromatic nitrogens is 2. The van der Waals surface area contributed by atoms with E-state index in [0.29, 0.717) is 102 Å². The van der Waals surface area contributed by atoms with Gasteiger partial charge in [0.2, 0.25) is 11.8 Å². The van der Waals surface area contributed by atoms with Crippen molar-refractivity contribution in [3.8, 4) is 0 Å². The number of nitrogens with two attached hydrogens (primary N) is 3. The number of thioether (sulfide) groups is 2. The number of carbonyl (C=O) groups excluding carboxylic acids is 4. The highest BCUT2D eigenvalue weighted by Gasteiger charge is 2.25. The van der Waals surface area contributed by atoms with Crippen LogP contribution in [0.5, 0.6) is 0 Å². The summed E-state index contributed by atoms with van der Waals surface area (Å²) in [5, 5.41) is 53.3. The number of unbranched alkanes of at least 4 members (excludes halogenated alkanes) is 2. The molecule has 0 atom stereocenters. The van der Waals surface area contributed by atoms with Gasteiger partial charge in [-0.2, -0.15) is 0 Å². The number of rotatable bonds is 24. The Labute approximate surface area is 407 Å². The van der Waals surface area contributed by atoms with Crippen LogP contribution >= 0.6 is 23.5 Å². The Morgan fingerprint density at radius 3 is 1.24 bits per heavy atom. The lowest BCUT2D eigenvalue weighted by Crippen LogP contribution is -2.31. The van der Waals surface area contributed by atoms with Crippen molar-refractivity contribution in [1.82, 2.24) is 31.2 Å². The van der Waals surface area contributed by atoms with Crippen LogP contribution in [0.3, 0.4) is 0 Å². The molecule has 370 valence electrons. The van der Waals surface area contributed by atoms with Crippen molar-refractivity contribution in [2.45, 2.75) is 108 Å². The first-order valence-electron chi connectivity index (χ1n) is 22.1. The third-order valence-electron chi connectivity index (χ3n) is 9.78. The lowest BCUT2D eigenvalue weighted by atomic mass is 9.86. The first kappa shape index (κ1) is 55.7. The largest absolute Gasteiger partial charge is 0.374 e. The van der Waals surface area contributed by atoms with E-state index < -0.39 is 22.6 Å². The highest BCUT2D eigenvalue weighted by Crippen LogP contribution is 2.41. The average molecular weight is 976 g/mol. The van der Waals surface area contributed by atoms with Gasteiger partial charge in [0.05, 0.1) is 38.4 Å². The Bertz CT molecular complexity index is 2160.